The van der Waals surface area contributed by atoms with Gasteiger partial charge in [0.25, 0.3) is 5.91 Å². The van der Waals surface area contributed by atoms with Crippen molar-refractivity contribution < 1.29 is 23.1 Å². The molecule has 1 amide bonds. The molecule has 1 aliphatic rings. The molecule has 1 aliphatic heterocycles. The zero-order valence-electron chi connectivity index (χ0n) is 17.4. The summed E-state index contributed by atoms with van der Waals surface area (Å²) in [6, 6.07) is 10.2. The summed E-state index contributed by atoms with van der Waals surface area (Å²) in [6.45, 7) is 7.02. The summed E-state index contributed by atoms with van der Waals surface area (Å²) in [7, 11) is 0. The van der Waals surface area contributed by atoms with Crippen LogP contribution in [0.4, 0.5) is 8.78 Å². The van der Waals surface area contributed by atoms with Crippen LogP contribution in [-0.4, -0.2) is 53.3 Å². The summed E-state index contributed by atoms with van der Waals surface area (Å²) in [5.74, 6) is -1.10. The quantitative estimate of drug-likeness (QED) is 0.675. The number of nitrogens with zero attached hydrogens (tertiary/aromatic N) is 2. The molecular weight excluding hydrogens is 390 g/mol. The summed E-state index contributed by atoms with van der Waals surface area (Å²) in [5.41, 5.74) is 1.14. The molecule has 0 aliphatic carbocycles. The fourth-order valence-corrected chi connectivity index (χ4v) is 3.72. The number of ether oxygens (including phenoxy) is 1. The Kier molecular flexibility index (Phi) is 6.82. The molecule has 7 heteroatoms. The number of hydrogen-bond acceptors (Lipinski definition) is 4. The molecule has 1 heterocycles. The molecule has 0 N–H and O–H groups in total. The van der Waals surface area contributed by atoms with Gasteiger partial charge in [-0.05, 0) is 56.7 Å². The second-order valence-electron chi connectivity index (χ2n) is 7.79. The van der Waals surface area contributed by atoms with Crippen molar-refractivity contribution in [1.29, 1.82) is 0 Å². The molecule has 0 aromatic heterocycles. The van der Waals surface area contributed by atoms with Gasteiger partial charge in [0.05, 0.1) is 5.56 Å². The Morgan fingerprint density at radius 2 is 1.67 bits per heavy atom. The molecule has 2 atom stereocenters. The van der Waals surface area contributed by atoms with Crippen molar-refractivity contribution in [3.05, 3.63) is 65.2 Å². The molecule has 2 aromatic rings. The van der Waals surface area contributed by atoms with Crippen LogP contribution < -0.4 is 4.74 Å². The fraction of sp³-hybridized carbons (Fsp3) is 0.391. The molecule has 1 fully saturated rings. The van der Waals surface area contributed by atoms with Crippen molar-refractivity contribution >= 4 is 11.7 Å². The van der Waals surface area contributed by atoms with Crippen molar-refractivity contribution in [2.75, 3.05) is 19.7 Å². The van der Waals surface area contributed by atoms with Crippen molar-refractivity contribution in [2.24, 2.45) is 0 Å². The van der Waals surface area contributed by atoms with Gasteiger partial charge in [0.15, 0.2) is 12.4 Å². The van der Waals surface area contributed by atoms with E-state index in [1.807, 2.05) is 13.8 Å². The zero-order chi connectivity index (χ0) is 21.8. The number of rotatable bonds is 6. The van der Waals surface area contributed by atoms with Gasteiger partial charge in [0.1, 0.15) is 17.4 Å². The van der Waals surface area contributed by atoms with Crippen LogP contribution >= 0.6 is 0 Å². The summed E-state index contributed by atoms with van der Waals surface area (Å²) in [5, 5.41) is 0. The predicted molar refractivity (Wildman–Crippen MR) is 109 cm³/mol. The maximum Gasteiger partial charge on any atom is 0.260 e. The first kappa shape index (κ1) is 21.9. The fourth-order valence-electron chi connectivity index (χ4n) is 3.72. The summed E-state index contributed by atoms with van der Waals surface area (Å²) >= 11 is 0. The predicted octanol–water partition coefficient (Wildman–Crippen LogP) is 3.67. The number of ketones is 1. The lowest BCUT2D eigenvalue weighted by atomic mass is 10.1. The Morgan fingerprint density at radius 3 is 2.33 bits per heavy atom. The average Bonchev–Trinajstić information content (AvgIpc) is 2.70. The van der Waals surface area contributed by atoms with E-state index in [2.05, 4.69) is 4.90 Å². The lowest BCUT2D eigenvalue weighted by Gasteiger charge is -2.44. The van der Waals surface area contributed by atoms with Crippen LogP contribution in [0.1, 0.15) is 36.7 Å². The van der Waals surface area contributed by atoms with Gasteiger partial charge in [0.2, 0.25) is 0 Å². The third-order valence-corrected chi connectivity index (χ3v) is 5.41. The molecule has 0 radical (unpaired) electrons. The van der Waals surface area contributed by atoms with E-state index >= 15 is 0 Å². The molecule has 0 bridgehead atoms. The standard InChI is InChI=1S/C23H26F2N2O3/c1-15-12-27(16(2)11-26(15)13-18-4-6-19(24)7-5-18)23(29)14-30-22-9-8-20(25)10-21(22)17(3)28/h4-10,15-16H,11-14H2,1-3H3. The number of carbonyl (C=O) groups excluding carboxylic acids is 2. The van der Waals surface area contributed by atoms with Crippen LogP contribution in [0.25, 0.3) is 0 Å². The summed E-state index contributed by atoms with van der Waals surface area (Å²) in [6.07, 6.45) is 0. The van der Waals surface area contributed by atoms with Crippen molar-refractivity contribution in [1.82, 2.24) is 9.80 Å². The van der Waals surface area contributed by atoms with Crippen LogP contribution in [0.5, 0.6) is 5.75 Å². The number of halogens is 2. The van der Waals surface area contributed by atoms with Gasteiger partial charge in [-0.15, -0.1) is 0 Å². The topological polar surface area (TPSA) is 49.9 Å². The lowest BCUT2D eigenvalue weighted by molar-refractivity contribution is -0.139. The Morgan fingerprint density at radius 1 is 1.00 bits per heavy atom. The number of amides is 1. The Labute approximate surface area is 175 Å². The molecule has 2 unspecified atom stereocenters. The third-order valence-electron chi connectivity index (χ3n) is 5.41. The summed E-state index contributed by atoms with van der Waals surface area (Å²) < 4.78 is 32.1. The van der Waals surface area contributed by atoms with Gasteiger partial charge in [0, 0.05) is 31.7 Å². The van der Waals surface area contributed by atoms with Gasteiger partial charge >= 0.3 is 0 Å². The second-order valence-corrected chi connectivity index (χ2v) is 7.79. The molecule has 30 heavy (non-hydrogen) atoms. The molecule has 1 saturated heterocycles. The number of Topliss-reactive ketones (excluding diaryl/α,β-unsaturated/α-hetero) is 1. The number of benzene rings is 2. The SMILES string of the molecule is CC(=O)c1cc(F)ccc1OCC(=O)N1CC(C)N(Cc2ccc(F)cc2)CC1C. The van der Waals surface area contributed by atoms with Gasteiger partial charge in [-0.2, -0.15) is 0 Å². The van der Waals surface area contributed by atoms with Gasteiger partial charge in [-0.25, -0.2) is 8.78 Å². The van der Waals surface area contributed by atoms with Crippen molar-refractivity contribution in [3.63, 3.8) is 0 Å². The van der Waals surface area contributed by atoms with E-state index in [0.717, 1.165) is 11.6 Å². The molecule has 160 valence electrons. The van der Waals surface area contributed by atoms with Crippen LogP contribution in [0.2, 0.25) is 0 Å². The molecule has 0 spiro atoms. The highest BCUT2D eigenvalue weighted by molar-refractivity contribution is 5.96. The number of piperazine rings is 1. The minimum atomic E-state index is -0.529. The normalized spacial score (nSPS) is 19.6. The van der Waals surface area contributed by atoms with Crippen LogP contribution in [0.15, 0.2) is 42.5 Å². The first-order chi connectivity index (χ1) is 14.2. The molecule has 3 rings (SSSR count). The Hall–Kier alpha value is -2.80. The van der Waals surface area contributed by atoms with E-state index < -0.39 is 5.82 Å². The van der Waals surface area contributed by atoms with Gasteiger partial charge < -0.3 is 9.64 Å². The Balaban J connectivity index is 1.60. The maximum absolute atomic E-state index is 13.4. The maximum atomic E-state index is 13.4. The molecule has 0 saturated carbocycles. The largest absolute Gasteiger partial charge is 0.483 e. The highest BCUT2D eigenvalue weighted by Crippen LogP contribution is 2.22. The molecule has 5 nitrogen and oxygen atoms in total. The van der Waals surface area contributed by atoms with Gasteiger partial charge in [-0.3, -0.25) is 14.5 Å². The first-order valence-electron chi connectivity index (χ1n) is 9.96. The van der Waals surface area contributed by atoms with Crippen LogP contribution in [0.3, 0.4) is 0 Å². The van der Waals surface area contributed by atoms with E-state index in [0.29, 0.717) is 19.6 Å². The minimum Gasteiger partial charge on any atom is -0.483 e. The smallest absolute Gasteiger partial charge is 0.260 e. The van der Waals surface area contributed by atoms with Crippen molar-refractivity contribution in [3.8, 4) is 5.75 Å². The number of carbonyl (C=O) groups is 2. The monoisotopic (exact) mass is 416 g/mol. The average molecular weight is 416 g/mol. The Bertz CT molecular complexity index is 917. The first-order valence-corrected chi connectivity index (χ1v) is 9.96. The van der Waals surface area contributed by atoms with E-state index in [4.69, 9.17) is 4.74 Å². The van der Waals surface area contributed by atoms with E-state index in [1.54, 1.807) is 17.0 Å². The van der Waals surface area contributed by atoms with Crippen LogP contribution in [-0.2, 0) is 11.3 Å². The third kappa shape index (κ3) is 5.21. The van der Waals surface area contributed by atoms with Crippen LogP contribution in [0, 0.1) is 11.6 Å². The van der Waals surface area contributed by atoms with Gasteiger partial charge in [-0.1, -0.05) is 12.1 Å². The molecule has 2 aromatic carbocycles. The van der Waals surface area contributed by atoms with E-state index in [1.165, 1.54) is 31.2 Å². The summed E-state index contributed by atoms with van der Waals surface area (Å²) in [4.78, 5) is 28.5. The minimum absolute atomic E-state index is 0.0294. The second kappa shape index (κ2) is 9.34. The van der Waals surface area contributed by atoms with E-state index in [-0.39, 0.29) is 47.5 Å². The molecular formula is C23H26F2N2O3. The highest BCUT2D eigenvalue weighted by atomic mass is 19.1. The van der Waals surface area contributed by atoms with Crippen molar-refractivity contribution in [2.45, 2.75) is 39.4 Å². The zero-order valence-corrected chi connectivity index (χ0v) is 17.4. The lowest BCUT2D eigenvalue weighted by Crippen LogP contribution is -2.58. The van der Waals surface area contributed by atoms with E-state index in [9.17, 15) is 18.4 Å². The highest BCUT2D eigenvalue weighted by Gasteiger charge is 2.32. The number of hydrogen-bond donors (Lipinski definition) is 0.